The van der Waals surface area contributed by atoms with Crippen LogP contribution in [-0.2, 0) is 12.8 Å². The Morgan fingerprint density at radius 3 is 1.39 bits per heavy atom. The molecular formula is C24H24N2O2. The summed E-state index contributed by atoms with van der Waals surface area (Å²) in [5.74, 6) is -0.359. The number of rotatable bonds is 6. The maximum atomic E-state index is 12.4. The number of aryl methyl sites for hydroxylation is 2. The average Bonchev–Trinajstić information content (AvgIpc) is 2.74. The van der Waals surface area contributed by atoms with Crippen molar-refractivity contribution in [1.29, 1.82) is 0 Å². The summed E-state index contributed by atoms with van der Waals surface area (Å²) in [5, 5.41) is 5.75. The van der Waals surface area contributed by atoms with Crippen LogP contribution < -0.4 is 10.6 Å². The number of carbonyl (C=O) groups is 2. The van der Waals surface area contributed by atoms with Crippen LogP contribution in [0.4, 0.5) is 11.4 Å². The molecule has 2 N–H and O–H groups in total. The summed E-state index contributed by atoms with van der Waals surface area (Å²) in [6.45, 7) is 4.15. The summed E-state index contributed by atoms with van der Waals surface area (Å²) in [4.78, 5) is 24.9. The molecule has 3 aromatic rings. The summed E-state index contributed by atoms with van der Waals surface area (Å²) >= 11 is 0. The highest BCUT2D eigenvalue weighted by Gasteiger charge is 2.09. The maximum Gasteiger partial charge on any atom is 0.255 e. The monoisotopic (exact) mass is 372 g/mol. The Hall–Kier alpha value is -3.40. The number of hydrogen-bond acceptors (Lipinski definition) is 2. The van der Waals surface area contributed by atoms with E-state index in [2.05, 4.69) is 24.5 Å². The quantitative estimate of drug-likeness (QED) is 0.615. The molecule has 0 atom stereocenters. The smallest absolute Gasteiger partial charge is 0.255 e. The van der Waals surface area contributed by atoms with Gasteiger partial charge in [-0.1, -0.05) is 44.2 Å². The number of amides is 2. The number of nitrogens with one attached hydrogen (secondary N) is 2. The number of hydrogen-bond donors (Lipinski definition) is 2. The van der Waals surface area contributed by atoms with Crippen molar-refractivity contribution >= 4 is 23.2 Å². The third kappa shape index (κ3) is 4.86. The zero-order chi connectivity index (χ0) is 19.9. The Kier molecular flexibility index (Phi) is 6.22. The Balaban J connectivity index is 1.67. The van der Waals surface area contributed by atoms with Crippen LogP contribution in [0.2, 0.25) is 0 Å². The van der Waals surface area contributed by atoms with Gasteiger partial charge in [0.05, 0.1) is 0 Å². The lowest BCUT2D eigenvalue weighted by Gasteiger charge is -2.10. The minimum atomic E-state index is -0.179. The third-order valence-electron chi connectivity index (χ3n) is 4.63. The van der Waals surface area contributed by atoms with E-state index < -0.39 is 0 Å². The molecule has 0 aliphatic rings. The lowest BCUT2D eigenvalue weighted by Crippen LogP contribution is -2.14. The minimum Gasteiger partial charge on any atom is -0.322 e. The standard InChI is InChI=1S/C24H24N2O2/c1-3-17-8-12-19(13-9-17)23(27)25-21-6-5-7-22(16-21)26-24(28)20-14-10-18(4-2)11-15-20/h5-16H,3-4H2,1-2H3,(H,25,27)(H,26,28). The van der Waals surface area contributed by atoms with E-state index in [4.69, 9.17) is 0 Å². The van der Waals surface area contributed by atoms with E-state index in [9.17, 15) is 9.59 Å². The maximum absolute atomic E-state index is 12.4. The van der Waals surface area contributed by atoms with Gasteiger partial charge >= 0.3 is 0 Å². The van der Waals surface area contributed by atoms with E-state index in [1.54, 1.807) is 24.3 Å². The second-order valence-corrected chi connectivity index (χ2v) is 6.59. The molecule has 3 rings (SSSR count). The first-order valence-electron chi connectivity index (χ1n) is 9.49. The largest absolute Gasteiger partial charge is 0.322 e. The van der Waals surface area contributed by atoms with Gasteiger partial charge in [-0.2, -0.15) is 0 Å². The molecular weight excluding hydrogens is 348 g/mol. The fourth-order valence-corrected chi connectivity index (χ4v) is 2.86. The fourth-order valence-electron chi connectivity index (χ4n) is 2.86. The molecule has 4 nitrogen and oxygen atoms in total. The van der Waals surface area contributed by atoms with Crippen molar-refractivity contribution < 1.29 is 9.59 Å². The molecule has 0 aliphatic carbocycles. The molecule has 28 heavy (non-hydrogen) atoms. The second kappa shape index (κ2) is 9.00. The van der Waals surface area contributed by atoms with Crippen molar-refractivity contribution in [3.63, 3.8) is 0 Å². The predicted molar refractivity (Wildman–Crippen MR) is 114 cm³/mol. The van der Waals surface area contributed by atoms with E-state index in [1.807, 2.05) is 48.5 Å². The average molecular weight is 372 g/mol. The lowest BCUT2D eigenvalue weighted by molar-refractivity contribution is 0.101. The summed E-state index contributed by atoms with van der Waals surface area (Å²) in [6.07, 6.45) is 1.87. The van der Waals surface area contributed by atoms with Gasteiger partial charge in [0.25, 0.3) is 11.8 Å². The molecule has 0 saturated heterocycles. The van der Waals surface area contributed by atoms with Gasteiger partial charge in [0, 0.05) is 22.5 Å². The molecule has 4 heteroatoms. The van der Waals surface area contributed by atoms with Crippen LogP contribution in [0, 0.1) is 0 Å². The van der Waals surface area contributed by atoms with Crippen LogP contribution >= 0.6 is 0 Å². The molecule has 0 spiro atoms. The van der Waals surface area contributed by atoms with Crippen molar-refractivity contribution in [2.75, 3.05) is 10.6 Å². The van der Waals surface area contributed by atoms with E-state index in [0.29, 0.717) is 22.5 Å². The first-order chi connectivity index (χ1) is 13.6. The van der Waals surface area contributed by atoms with Gasteiger partial charge in [-0.05, 0) is 66.4 Å². The SMILES string of the molecule is CCc1ccc(C(=O)Nc2cccc(NC(=O)c3ccc(CC)cc3)c2)cc1. The summed E-state index contributed by atoms with van der Waals surface area (Å²) < 4.78 is 0. The van der Waals surface area contributed by atoms with Crippen LogP contribution in [0.25, 0.3) is 0 Å². The molecule has 0 aromatic heterocycles. The zero-order valence-electron chi connectivity index (χ0n) is 16.2. The van der Waals surface area contributed by atoms with Crippen molar-refractivity contribution in [2.45, 2.75) is 26.7 Å². The molecule has 0 unspecified atom stereocenters. The Labute approximate surface area is 165 Å². The van der Waals surface area contributed by atoms with E-state index in [0.717, 1.165) is 12.8 Å². The predicted octanol–water partition coefficient (Wildman–Crippen LogP) is 5.32. The first-order valence-corrected chi connectivity index (χ1v) is 9.49. The molecule has 0 saturated carbocycles. The van der Waals surface area contributed by atoms with Crippen LogP contribution in [-0.4, -0.2) is 11.8 Å². The number of benzene rings is 3. The van der Waals surface area contributed by atoms with Crippen LogP contribution in [0.15, 0.2) is 72.8 Å². The van der Waals surface area contributed by atoms with Crippen molar-refractivity contribution in [3.05, 3.63) is 95.1 Å². The number of anilines is 2. The van der Waals surface area contributed by atoms with Crippen molar-refractivity contribution in [3.8, 4) is 0 Å². The summed E-state index contributed by atoms with van der Waals surface area (Å²) in [6, 6.07) is 22.2. The van der Waals surface area contributed by atoms with Gasteiger partial charge in [0.1, 0.15) is 0 Å². The highest BCUT2D eigenvalue weighted by atomic mass is 16.2. The van der Waals surface area contributed by atoms with Gasteiger partial charge in [0.2, 0.25) is 0 Å². The van der Waals surface area contributed by atoms with Crippen molar-refractivity contribution in [2.24, 2.45) is 0 Å². The molecule has 0 radical (unpaired) electrons. The van der Waals surface area contributed by atoms with Crippen LogP contribution in [0.1, 0.15) is 45.7 Å². The van der Waals surface area contributed by atoms with Gasteiger partial charge in [-0.3, -0.25) is 9.59 Å². The molecule has 0 heterocycles. The lowest BCUT2D eigenvalue weighted by atomic mass is 10.1. The minimum absolute atomic E-state index is 0.179. The Morgan fingerprint density at radius 2 is 1.04 bits per heavy atom. The van der Waals surface area contributed by atoms with E-state index >= 15 is 0 Å². The summed E-state index contributed by atoms with van der Waals surface area (Å²) in [5.41, 5.74) is 4.83. The highest BCUT2D eigenvalue weighted by molar-refractivity contribution is 6.06. The molecule has 0 bridgehead atoms. The molecule has 0 fully saturated rings. The molecule has 142 valence electrons. The normalized spacial score (nSPS) is 10.4. The van der Waals surface area contributed by atoms with Gasteiger partial charge in [0.15, 0.2) is 0 Å². The van der Waals surface area contributed by atoms with Gasteiger partial charge < -0.3 is 10.6 Å². The Bertz CT molecular complexity index is 884. The molecule has 0 aliphatic heterocycles. The van der Waals surface area contributed by atoms with Gasteiger partial charge in [-0.15, -0.1) is 0 Å². The molecule has 2 amide bonds. The zero-order valence-corrected chi connectivity index (χ0v) is 16.2. The van der Waals surface area contributed by atoms with E-state index in [1.165, 1.54) is 11.1 Å². The third-order valence-corrected chi connectivity index (χ3v) is 4.63. The molecule has 3 aromatic carbocycles. The fraction of sp³-hybridized carbons (Fsp3) is 0.167. The van der Waals surface area contributed by atoms with E-state index in [-0.39, 0.29) is 11.8 Å². The van der Waals surface area contributed by atoms with Crippen LogP contribution in [0.5, 0.6) is 0 Å². The van der Waals surface area contributed by atoms with Gasteiger partial charge in [-0.25, -0.2) is 0 Å². The topological polar surface area (TPSA) is 58.2 Å². The second-order valence-electron chi connectivity index (χ2n) is 6.59. The summed E-state index contributed by atoms with van der Waals surface area (Å²) in [7, 11) is 0. The first kappa shape index (κ1) is 19.4. The number of carbonyl (C=O) groups excluding carboxylic acids is 2. The van der Waals surface area contributed by atoms with Crippen LogP contribution in [0.3, 0.4) is 0 Å². The highest BCUT2D eigenvalue weighted by Crippen LogP contribution is 2.18. The van der Waals surface area contributed by atoms with Crippen molar-refractivity contribution in [1.82, 2.24) is 0 Å². The Morgan fingerprint density at radius 1 is 0.643 bits per heavy atom.